The van der Waals surface area contributed by atoms with E-state index in [1.54, 1.807) is 0 Å². The molecule has 0 aromatic rings. The van der Waals surface area contributed by atoms with Crippen molar-refractivity contribution in [3.63, 3.8) is 0 Å². The summed E-state index contributed by atoms with van der Waals surface area (Å²) < 4.78 is 160. The molecule has 0 saturated heterocycles. The summed E-state index contributed by atoms with van der Waals surface area (Å²) in [4.78, 5) is 11.7. The second kappa shape index (κ2) is 8.64. The SMILES string of the molecule is CC[C@H]1CC[C@H](C(=O)OCC(F)(F)C(F)(F)C(F)(F)C(F)(F)C(F)(F)C(F)F)CC1. The minimum absolute atomic E-state index is 0.119. The van der Waals surface area contributed by atoms with Crippen molar-refractivity contribution in [3.05, 3.63) is 0 Å². The first-order valence-corrected chi connectivity index (χ1v) is 8.70. The molecule has 1 aliphatic carbocycles. The quantitative estimate of drug-likeness (QED) is 0.297. The topological polar surface area (TPSA) is 26.3 Å². The normalized spacial score (nSPS) is 22.3. The molecule has 0 atom stereocenters. The zero-order valence-corrected chi connectivity index (χ0v) is 15.3. The van der Waals surface area contributed by atoms with Gasteiger partial charge in [-0.05, 0) is 31.6 Å². The van der Waals surface area contributed by atoms with Gasteiger partial charge in [0.1, 0.15) is 0 Å². The van der Waals surface area contributed by atoms with E-state index in [1.807, 2.05) is 6.92 Å². The number of carbonyl (C=O) groups is 1. The molecule has 30 heavy (non-hydrogen) atoms. The van der Waals surface area contributed by atoms with Gasteiger partial charge in [-0.1, -0.05) is 13.3 Å². The van der Waals surface area contributed by atoms with E-state index in [2.05, 4.69) is 4.74 Å². The fraction of sp³-hybridized carbons (Fsp3) is 0.938. The van der Waals surface area contributed by atoms with Gasteiger partial charge in [0.2, 0.25) is 0 Å². The highest BCUT2D eigenvalue weighted by Crippen LogP contribution is 2.58. The monoisotopic (exact) mass is 470 g/mol. The summed E-state index contributed by atoms with van der Waals surface area (Å²) in [5.41, 5.74) is 0. The van der Waals surface area contributed by atoms with Crippen LogP contribution in [0.4, 0.5) is 52.7 Å². The third kappa shape index (κ3) is 4.46. The summed E-state index contributed by atoms with van der Waals surface area (Å²) in [5.74, 6) is -38.0. The van der Waals surface area contributed by atoms with Crippen molar-refractivity contribution >= 4 is 5.97 Å². The minimum Gasteiger partial charge on any atom is -0.459 e. The maximum Gasteiger partial charge on any atom is 0.384 e. The van der Waals surface area contributed by atoms with Crippen LogP contribution in [0.2, 0.25) is 0 Å². The van der Waals surface area contributed by atoms with Gasteiger partial charge >= 0.3 is 42.0 Å². The lowest BCUT2D eigenvalue weighted by molar-refractivity contribution is -0.414. The summed E-state index contributed by atoms with van der Waals surface area (Å²) >= 11 is 0. The Kier molecular flexibility index (Phi) is 7.68. The first-order valence-electron chi connectivity index (χ1n) is 8.70. The van der Waals surface area contributed by atoms with Gasteiger partial charge in [0.25, 0.3) is 0 Å². The van der Waals surface area contributed by atoms with Crippen molar-refractivity contribution in [1.82, 2.24) is 0 Å². The van der Waals surface area contributed by atoms with E-state index in [0.29, 0.717) is 12.8 Å². The summed E-state index contributed by atoms with van der Waals surface area (Å²) in [7, 11) is 0. The second-order valence-corrected chi connectivity index (χ2v) is 7.08. The van der Waals surface area contributed by atoms with Crippen molar-refractivity contribution in [2.24, 2.45) is 11.8 Å². The smallest absolute Gasteiger partial charge is 0.384 e. The van der Waals surface area contributed by atoms with Gasteiger partial charge in [0.05, 0.1) is 5.92 Å². The van der Waals surface area contributed by atoms with E-state index >= 15 is 0 Å². The van der Waals surface area contributed by atoms with Crippen LogP contribution in [0.1, 0.15) is 39.0 Å². The van der Waals surface area contributed by atoms with Gasteiger partial charge in [-0.3, -0.25) is 4.79 Å². The molecule has 0 heterocycles. The highest BCUT2D eigenvalue weighted by Gasteiger charge is 2.87. The molecular weight excluding hydrogens is 452 g/mol. The molecule has 0 aromatic carbocycles. The van der Waals surface area contributed by atoms with Crippen LogP contribution in [0.5, 0.6) is 0 Å². The number of halogens is 12. The molecule has 0 spiro atoms. The van der Waals surface area contributed by atoms with E-state index in [1.165, 1.54) is 0 Å². The van der Waals surface area contributed by atoms with E-state index in [9.17, 15) is 57.5 Å². The van der Waals surface area contributed by atoms with Crippen LogP contribution in [-0.2, 0) is 9.53 Å². The summed E-state index contributed by atoms with van der Waals surface area (Å²) in [6.07, 6.45) is -3.63. The van der Waals surface area contributed by atoms with Crippen molar-refractivity contribution in [2.45, 2.75) is 75.1 Å². The van der Waals surface area contributed by atoms with E-state index in [0.717, 1.165) is 6.42 Å². The predicted octanol–water partition coefficient (Wildman–Crippen LogP) is 6.19. The molecule has 0 aromatic heterocycles. The maximum absolute atomic E-state index is 13.6. The van der Waals surface area contributed by atoms with Crippen molar-refractivity contribution < 1.29 is 62.2 Å². The molecule has 0 amide bonds. The van der Waals surface area contributed by atoms with E-state index in [-0.39, 0.29) is 18.8 Å². The van der Waals surface area contributed by atoms with Gasteiger partial charge in [-0.15, -0.1) is 0 Å². The van der Waals surface area contributed by atoms with Crippen molar-refractivity contribution in [1.29, 1.82) is 0 Å². The molecular formula is C16H18F12O2. The molecule has 1 saturated carbocycles. The number of ether oxygens (including phenoxy) is 1. The average molecular weight is 470 g/mol. The first-order chi connectivity index (χ1) is 13.4. The highest BCUT2D eigenvalue weighted by molar-refractivity contribution is 5.72. The third-order valence-corrected chi connectivity index (χ3v) is 5.09. The minimum atomic E-state index is -7.62. The Morgan fingerprint density at radius 3 is 1.70 bits per heavy atom. The van der Waals surface area contributed by atoms with Crippen LogP contribution in [0.25, 0.3) is 0 Å². The van der Waals surface area contributed by atoms with Crippen LogP contribution in [0.15, 0.2) is 0 Å². The molecule has 0 unspecified atom stereocenters. The lowest BCUT2D eigenvalue weighted by atomic mass is 9.81. The van der Waals surface area contributed by atoms with Crippen LogP contribution < -0.4 is 0 Å². The maximum atomic E-state index is 13.6. The molecule has 2 nitrogen and oxygen atoms in total. The first kappa shape index (κ1) is 26.7. The largest absolute Gasteiger partial charge is 0.459 e. The summed E-state index contributed by atoms with van der Waals surface area (Å²) in [6.45, 7) is -0.988. The van der Waals surface area contributed by atoms with Gasteiger partial charge < -0.3 is 4.74 Å². The van der Waals surface area contributed by atoms with Crippen LogP contribution in [0, 0.1) is 11.8 Å². The lowest BCUT2D eigenvalue weighted by Gasteiger charge is -2.39. The molecule has 178 valence electrons. The number of rotatable bonds is 9. The Balaban J connectivity index is 2.97. The van der Waals surface area contributed by atoms with Gasteiger partial charge in [-0.2, -0.15) is 43.9 Å². The summed E-state index contributed by atoms with van der Waals surface area (Å²) in [6, 6.07) is 0. The number of carbonyl (C=O) groups excluding carboxylic acids is 1. The molecule has 0 N–H and O–H groups in total. The fourth-order valence-electron chi connectivity index (χ4n) is 2.95. The number of esters is 1. The molecule has 14 heteroatoms. The molecule has 0 radical (unpaired) electrons. The van der Waals surface area contributed by atoms with Crippen molar-refractivity contribution in [2.75, 3.05) is 6.61 Å². The average Bonchev–Trinajstić information content (AvgIpc) is 2.65. The molecule has 1 rings (SSSR count). The fourth-order valence-corrected chi connectivity index (χ4v) is 2.95. The Bertz CT molecular complexity index is 597. The van der Waals surface area contributed by atoms with E-state index in [4.69, 9.17) is 0 Å². The predicted molar refractivity (Wildman–Crippen MR) is 77.4 cm³/mol. The Morgan fingerprint density at radius 2 is 1.30 bits per heavy atom. The standard InChI is InChI=1S/C16H18F12O2/c1-2-8-3-5-9(6-4-8)10(29)30-7-12(19,20)14(23,24)16(27,28)15(25,26)13(21,22)11(17)18/h8-9,11H,2-7H2,1H3/t8-,9-. The Hall–Kier alpha value is -1.37. The van der Waals surface area contributed by atoms with Crippen molar-refractivity contribution in [3.8, 4) is 0 Å². The zero-order valence-electron chi connectivity index (χ0n) is 15.3. The Morgan fingerprint density at radius 1 is 0.833 bits per heavy atom. The number of hydrogen-bond acceptors (Lipinski definition) is 2. The molecule has 0 aliphatic heterocycles. The van der Waals surface area contributed by atoms with Crippen LogP contribution in [-0.4, -0.2) is 48.6 Å². The zero-order chi connectivity index (χ0) is 23.8. The molecule has 0 bridgehead atoms. The Labute approximate surface area is 162 Å². The summed E-state index contributed by atoms with van der Waals surface area (Å²) in [5, 5.41) is 0. The number of hydrogen-bond donors (Lipinski definition) is 0. The van der Waals surface area contributed by atoms with Gasteiger partial charge in [-0.25, -0.2) is 8.78 Å². The highest BCUT2D eigenvalue weighted by atomic mass is 19.4. The molecule has 1 aliphatic rings. The van der Waals surface area contributed by atoms with Crippen LogP contribution >= 0.6 is 0 Å². The van der Waals surface area contributed by atoms with E-state index < -0.39 is 54.5 Å². The van der Waals surface area contributed by atoms with Gasteiger partial charge in [0.15, 0.2) is 6.61 Å². The van der Waals surface area contributed by atoms with Gasteiger partial charge in [0, 0.05) is 0 Å². The number of alkyl halides is 12. The van der Waals surface area contributed by atoms with Crippen LogP contribution in [0.3, 0.4) is 0 Å². The lowest BCUT2D eigenvalue weighted by Crippen LogP contribution is -2.69. The third-order valence-electron chi connectivity index (χ3n) is 5.09. The second-order valence-electron chi connectivity index (χ2n) is 7.08. The molecule has 1 fully saturated rings.